The maximum Gasteiger partial charge on any atom is 0.387 e. The highest BCUT2D eigenvalue weighted by atomic mass is 35.5. The number of nitrogens with two attached hydrogens (primary N) is 1. The Hall–Kier alpha value is -0.910. The lowest BCUT2D eigenvalue weighted by atomic mass is 9.99. The molecule has 0 saturated carbocycles. The fourth-order valence-corrected chi connectivity index (χ4v) is 1.57. The Kier molecular flexibility index (Phi) is 7.82. The molecule has 1 aromatic rings. The van der Waals surface area contributed by atoms with Crippen LogP contribution in [-0.2, 0) is 0 Å². The Balaban J connectivity index is 0.00000289. The van der Waals surface area contributed by atoms with Gasteiger partial charge in [-0.1, -0.05) is 25.5 Å². The summed E-state index contributed by atoms with van der Waals surface area (Å²) < 4.78 is 28.1. The van der Waals surface area contributed by atoms with E-state index in [4.69, 9.17) is 5.73 Å². The zero-order valence-electron chi connectivity index (χ0n) is 10.1. The number of aliphatic hydroxyl groups excluding tert-OH is 1. The first-order chi connectivity index (χ1) is 8.04. The van der Waals surface area contributed by atoms with Crippen LogP contribution in [-0.4, -0.2) is 17.8 Å². The van der Waals surface area contributed by atoms with Gasteiger partial charge in [0.25, 0.3) is 0 Å². The second-order valence-corrected chi connectivity index (χ2v) is 3.83. The molecule has 0 amide bonds. The minimum atomic E-state index is -2.83. The van der Waals surface area contributed by atoms with E-state index < -0.39 is 18.8 Å². The van der Waals surface area contributed by atoms with Gasteiger partial charge < -0.3 is 15.6 Å². The van der Waals surface area contributed by atoms with Crippen molar-refractivity contribution in [3.8, 4) is 5.75 Å². The highest BCUT2D eigenvalue weighted by Crippen LogP contribution is 2.21. The van der Waals surface area contributed by atoms with Crippen LogP contribution in [0, 0.1) is 0 Å². The average molecular weight is 282 g/mol. The normalized spacial score (nSPS) is 13.9. The second-order valence-electron chi connectivity index (χ2n) is 3.83. The Morgan fingerprint density at radius 2 is 1.83 bits per heavy atom. The van der Waals surface area contributed by atoms with E-state index in [1.165, 1.54) is 12.1 Å². The predicted octanol–water partition coefficient (Wildman–Crippen LogP) is 2.87. The van der Waals surface area contributed by atoms with Gasteiger partial charge in [-0.15, -0.1) is 12.4 Å². The Morgan fingerprint density at radius 3 is 2.28 bits per heavy atom. The van der Waals surface area contributed by atoms with E-state index in [9.17, 15) is 13.9 Å². The summed E-state index contributed by atoms with van der Waals surface area (Å²) in [6, 6.07) is 5.50. The van der Waals surface area contributed by atoms with Crippen molar-refractivity contribution in [1.82, 2.24) is 0 Å². The molecule has 1 rings (SSSR count). The molecule has 0 heterocycles. The summed E-state index contributed by atoms with van der Waals surface area (Å²) >= 11 is 0. The van der Waals surface area contributed by atoms with Gasteiger partial charge in [0.05, 0.1) is 12.1 Å². The first-order valence-electron chi connectivity index (χ1n) is 5.53. The number of halogens is 3. The van der Waals surface area contributed by atoms with Gasteiger partial charge in [-0.25, -0.2) is 0 Å². The number of rotatable bonds is 6. The van der Waals surface area contributed by atoms with Crippen LogP contribution in [0.15, 0.2) is 24.3 Å². The molecule has 104 valence electrons. The lowest BCUT2D eigenvalue weighted by Gasteiger charge is -2.18. The zero-order valence-corrected chi connectivity index (χ0v) is 10.9. The maximum absolute atomic E-state index is 11.9. The van der Waals surface area contributed by atoms with E-state index in [0.29, 0.717) is 12.0 Å². The van der Waals surface area contributed by atoms with Crippen LogP contribution >= 0.6 is 12.4 Å². The molecule has 18 heavy (non-hydrogen) atoms. The SMILES string of the molecule is CCC[C@H](O)[C@H](N)c1ccc(OC(F)F)cc1.Cl. The molecular weight excluding hydrogens is 264 g/mol. The van der Waals surface area contributed by atoms with Crippen molar-refractivity contribution in [2.24, 2.45) is 5.73 Å². The van der Waals surface area contributed by atoms with Crippen LogP contribution in [0.2, 0.25) is 0 Å². The number of alkyl halides is 2. The lowest BCUT2D eigenvalue weighted by molar-refractivity contribution is -0.0498. The fraction of sp³-hybridized carbons (Fsp3) is 0.500. The molecule has 0 fully saturated rings. The second kappa shape index (κ2) is 8.24. The van der Waals surface area contributed by atoms with Crippen molar-refractivity contribution in [3.05, 3.63) is 29.8 Å². The summed E-state index contributed by atoms with van der Waals surface area (Å²) in [5.41, 5.74) is 6.54. The molecule has 0 aliphatic heterocycles. The molecule has 0 radical (unpaired) electrons. The van der Waals surface area contributed by atoms with Crippen LogP contribution in [0.3, 0.4) is 0 Å². The lowest BCUT2D eigenvalue weighted by Crippen LogP contribution is -2.25. The topological polar surface area (TPSA) is 55.5 Å². The van der Waals surface area contributed by atoms with Crippen molar-refractivity contribution in [2.45, 2.75) is 38.5 Å². The highest BCUT2D eigenvalue weighted by molar-refractivity contribution is 5.85. The van der Waals surface area contributed by atoms with E-state index in [-0.39, 0.29) is 18.2 Å². The van der Waals surface area contributed by atoms with E-state index in [1.807, 2.05) is 6.92 Å². The molecule has 0 saturated heterocycles. The molecular formula is C12H18ClF2NO2. The summed E-state index contributed by atoms with van der Waals surface area (Å²) in [6.07, 6.45) is 0.819. The highest BCUT2D eigenvalue weighted by Gasteiger charge is 2.16. The fourth-order valence-electron chi connectivity index (χ4n) is 1.57. The number of hydrogen-bond acceptors (Lipinski definition) is 3. The Morgan fingerprint density at radius 1 is 1.28 bits per heavy atom. The average Bonchev–Trinajstić information content (AvgIpc) is 2.28. The van der Waals surface area contributed by atoms with Gasteiger partial charge in [0.15, 0.2) is 0 Å². The van der Waals surface area contributed by atoms with Gasteiger partial charge in [0, 0.05) is 0 Å². The predicted molar refractivity (Wildman–Crippen MR) is 68.2 cm³/mol. The summed E-state index contributed by atoms with van der Waals surface area (Å²) in [7, 11) is 0. The minimum absolute atomic E-state index is 0. The molecule has 2 atom stereocenters. The van der Waals surface area contributed by atoms with Crippen molar-refractivity contribution in [3.63, 3.8) is 0 Å². The molecule has 0 spiro atoms. The molecule has 6 heteroatoms. The van der Waals surface area contributed by atoms with Crippen LogP contribution in [0.1, 0.15) is 31.4 Å². The van der Waals surface area contributed by atoms with Gasteiger partial charge in [-0.05, 0) is 24.1 Å². The van der Waals surface area contributed by atoms with Gasteiger partial charge in [-0.2, -0.15) is 8.78 Å². The molecule has 0 aliphatic rings. The zero-order chi connectivity index (χ0) is 12.8. The van der Waals surface area contributed by atoms with Crippen LogP contribution in [0.5, 0.6) is 5.75 Å². The van der Waals surface area contributed by atoms with Gasteiger partial charge >= 0.3 is 6.61 Å². The van der Waals surface area contributed by atoms with Gasteiger partial charge in [0.1, 0.15) is 5.75 Å². The van der Waals surface area contributed by atoms with E-state index >= 15 is 0 Å². The molecule has 3 nitrogen and oxygen atoms in total. The number of benzene rings is 1. The monoisotopic (exact) mass is 281 g/mol. The molecule has 0 aliphatic carbocycles. The number of hydrogen-bond donors (Lipinski definition) is 2. The minimum Gasteiger partial charge on any atom is -0.435 e. The van der Waals surface area contributed by atoms with Crippen molar-refractivity contribution < 1.29 is 18.6 Å². The third-order valence-electron chi connectivity index (χ3n) is 2.49. The quantitative estimate of drug-likeness (QED) is 0.843. The van der Waals surface area contributed by atoms with Crippen molar-refractivity contribution in [2.75, 3.05) is 0 Å². The summed E-state index contributed by atoms with van der Waals surface area (Å²) in [4.78, 5) is 0. The van der Waals surface area contributed by atoms with Gasteiger partial charge in [0.2, 0.25) is 0 Å². The van der Waals surface area contributed by atoms with E-state index in [1.54, 1.807) is 12.1 Å². The standard InChI is InChI=1S/C12H17F2NO2.ClH/c1-2-3-10(16)11(15)8-4-6-9(7-5-8)17-12(13)14;/h4-7,10-12,16H,2-3,15H2,1H3;1H/t10-,11+;/m0./s1. The largest absolute Gasteiger partial charge is 0.435 e. The van der Waals surface area contributed by atoms with Crippen molar-refractivity contribution in [1.29, 1.82) is 0 Å². The van der Waals surface area contributed by atoms with Crippen LogP contribution in [0.25, 0.3) is 0 Å². The first kappa shape index (κ1) is 17.1. The molecule has 3 N–H and O–H groups in total. The Bertz CT molecular complexity index is 335. The third-order valence-corrected chi connectivity index (χ3v) is 2.49. The summed E-state index contributed by atoms with van der Waals surface area (Å²) in [5, 5.41) is 9.71. The number of ether oxygens (including phenoxy) is 1. The van der Waals surface area contributed by atoms with Gasteiger partial charge in [-0.3, -0.25) is 0 Å². The molecule has 0 aromatic heterocycles. The first-order valence-corrected chi connectivity index (χ1v) is 5.53. The maximum atomic E-state index is 11.9. The number of aliphatic hydroxyl groups is 1. The molecule has 0 bridgehead atoms. The third kappa shape index (κ3) is 5.16. The van der Waals surface area contributed by atoms with Crippen molar-refractivity contribution >= 4 is 12.4 Å². The summed E-state index contributed by atoms with van der Waals surface area (Å²) in [5.74, 6) is 0.0842. The molecule has 0 unspecified atom stereocenters. The van der Waals surface area contributed by atoms with E-state index in [2.05, 4.69) is 4.74 Å². The van der Waals surface area contributed by atoms with E-state index in [0.717, 1.165) is 6.42 Å². The van der Waals surface area contributed by atoms with Crippen LogP contribution < -0.4 is 10.5 Å². The molecule has 1 aromatic carbocycles. The Labute approximate surface area is 111 Å². The van der Waals surface area contributed by atoms with Crippen LogP contribution in [0.4, 0.5) is 8.78 Å². The summed E-state index contributed by atoms with van der Waals surface area (Å²) in [6.45, 7) is -0.879. The smallest absolute Gasteiger partial charge is 0.387 e.